The van der Waals surface area contributed by atoms with Crippen molar-refractivity contribution in [2.24, 2.45) is 0 Å². The van der Waals surface area contributed by atoms with Crippen LogP contribution in [-0.2, 0) is 14.6 Å². The Hall–Kier alpha value is -1.48. The standard InChI is InChI=1S/C14H26N4O4S/c1-4-7-8-11-23(20,21)13-15-12-18(16-13)14(19)17(5-2)9-10-22-6-3/h12H,4-11H2,1-3H3. The zero-order valence-electron chi connectivity index (χ0n) is 14.1. The number of unbranched alkanes of at least 4 members (excludes halogenated alkanes) is 2. The van der Waals surface area contributed by atoms with Gasteiger partial charge in [-0.2, -0.15) is 4.68 Å². The number of carbonyl (C=O) groups is 1. The normalized spacial score (nSPS) is 11.6. The second kappa shape index (κ2) is 9.61. The Balaban J connectivity index is 2.75. The van der Waals surface area contributed by atoms with E-state index in [-0.39, 0.29) is 10.9 Å². The van der Waals surface area contributed by atoms with E-state index in [9.17, 15) is 13.2 Å². The third kappa shape index (κ3) is 5.91. The van der Waals surface area contributed by atoms with Gasteiger partial charge in [-0.25, -0.2) is 18.2 Å². The number of hydrogen-bond acceptors (Lipinski definition) is 6. The highest BCUT2D eigenvalue weighted by atomic mass is 32.2. The number of aromatic nitrogens is 3. The van der Waals surface area contributed by atoms with Gasteiger partial charge >= 0.3 is 6.03 Å². The molecule has 0 unspecified atom stereocenters. The van der Waals surface area contributed by atoms with Crippen molar-refractivity contribution in [1.82, 2.24) is 19.7 Å². The average molecular weight is 346 g/mol. The molecule has 8 nitrogen and oxygen atoms in total. The second-order valence-corrected chi connectivity index (χ2v) is 7.06. The van der Waals surface area contributed by atoms with Gasteiger partial charge < -0.3 is 9.64 Å². The number of ether oxygens (including phenoxy) is 1. The molecule has 132 valence electrons. The van der Waals surface area contributed by atoms with Gasteiger partial charge in [0.2, 0.25) is 9.84 Å². The fraction of sp³-hybridized carbons (Fsp3) is 0.786. The Morgan fingerprint density at radius 2 is 2.04 bits per heavy atom. The van der Waals surface area contributed by atoms with E-state index in [1.807, 2.05) is 20.8 Å². The second-order valence-electron chi connectivity index (χ2n) is 5.06. The van der Waals surface area contributed by atoms with E-state index in [1.165, 1.54) is 4.90 Å². The molecule has 1 rings (SSSR count). The topological polar surface area (TPSA) is 94.4 Å². The minimum Gasteiger partial charge on any atom is -0.380 e. The number of rotatable bonds is 10. The molecule has 1 heterocycles. The van der Waals surface area contributed by atoms with Crippen molar-refractivity contribution in [1.29, 1.82) is 0 Å². The van der Waals surface area contributed by atoms with Gasteiger partial charge in [0, 0.05) is 19.7 Å². The molecule has 0 saturated carbocycles. The molecule has 0 N–H and O–H groups in total. The number of hydrogen-bond donors (Lipinski definition) is 0. The zero-order chi connectivity index (χ0) is 17.3. The summed E-state index contributed by atoms with van der Waals surface area (Å²) >= 11 is 0. The third-order valence-corrected chi connectivity index (χ3v) is 4.89. The molecule has 23 heavy (non-hydrogen) atoms. The predicted octanol–water partition coefficient (Wildman–Crippen LogP) is 1.57. The van der Waals surface area contributed by atoms with Crippen molar-refractivity contribution >= 4 is 15.9 Å². The summed E-state index contributed by atoms with van der Waals surface area (Å²) in [7, 11) is -3.54. The van der Waals surface area contributed by atoms with E-state index >= 15 is 0 Å². The molecule has 0 radical (unpaired) electrons. The molecule has 0 aromatic carbocycles. The first-order chi connectivity index (χ1) is 11.0. The van der Waals surface area contributed by atoms with E-state index in [4.69, 9.17) is 4.74 Å². The predicted molar refractivity (Wildman–Crippen MR) is 86.1 cm³/mol. The van der Waals surface area contributed by atoms with Crippen LogP contribution in [0, 0.1) is 0 Å². The average Bonchev–Trinajstić information content (AvgIpc) is 3.02. The number of amides is 1. The van der Waals surface area contributed by atoms with Gasteiger partial charge in [-0.3, -0.25) is 0 Å². The maximum absolute atomic E-state index is 12.3. The van der Waals surface area contributed by atoms with Crippen LogP contribution in [-0.4, -0.2) is 66.2 Å². The first-order valence-electron chi connectivity index (χ1n) is 7.97. The summed E-state index contributed by atoms with van der Waals surface area (Å²) in [4.78, 5) is 17.6. The number of likely N-dealkylation sites (N-methyl/N-ethyl adjacent to an activating group) is 1. The molecule has 0 spiro atoms. The van der Waals surface area contributed by atoms with E-state index in [0.717, 1.165) is 23.9 Å². The van der Waals surface area contributed by atoms with E-state index < -0.39 is 15.9 Å². The fourth-order valence-electron chi connectivity index (χ4n) is 1.97. The van der Waals surface area contributed by atoms with Gasteiger partial charge in [0.05, 0.1) is 12.4 Å². The van der Waals surface area contributed by atoms with Crippen LogP contribution in [0.25, 0.3) is 0 Å². The van der Waals surface area contributed by atoms with Crippen LogP contribution in [0.3, 0.4) is 0 Å². The molecular weight excluding hydrogens is 320 g/mol. The molecule has 1 aromatic rings. The number of sulfone groups is 1. The maximum atomic E-state index is 12.3. The van der Waals surface area contributed by atoms with Crippen molar-refractivity contribution in [2.45, 2.75) is 45.2 Å². The molecular formula is C14H26N4O4S. The highest BCUT2D eigenvalue weighted by Gasteiger charge is 2.22. The number of nitrogens with zero attached hydrogens (tertiary/aromatic N) is 4. The lowest BCUT2D eigenvalue weighted by Crippen LogP contribution is -2.37. The lowest BCUT2D eigenvalue weighted by atomic mass is 10.3. The van der Waals surface area contributed by atoms with Crippen LogP contribution < -0.4 is 0 Å². The molecule has 1 aromatic heterocycles. The van der Waals surface area contributed by atoms with Crippen molar-refractivity contribution in [3.8, 4) is 0 Å². The van der Waals surface area contributed by atoms with Gasteiger partial charge in [0.1, 0.15) is 6.33 Å². The highest BCUT2D eigenvalue weighted by Crippen LogP contribution is 2.08. The monoisotopic (exact) mass is 346 g/mol. The molecule has 0 aliphatic heterocycles. The quantitative estimate of drug-likeness (QED) is 0.597. The largest absolute Gasteiger partial charge is 0.380 e. The Kier molecular flexibility index (Phi) is 8.18. The van der Waals surface area contributed by atoms with Crippen molar-refractivity contribution in [2.75, 3.05) is 32.1 Å². The first kappa shape index (κ1) is 19.6. The van der Waals surface area contributed by atoms with E-state index in [0.29, 0.717) is 32.7 Å². The Bertz CT molecular complexity index is 585. The van der Waals surface area contributed by atoms with Crippen molar-refractivity contribution < 1.29 is 17.9 Å². The molecule has 0 atom stereocenters. The summed E-state index contributed by atoms with van der Waals surface area (Å²) in [5.74, 6) is 0.000869. The molecule has 9 heteroatoms. The molecule has 0 saturated heterocycles. The van der Waals surface area contributed by atoms with Crippen LogP contribution in [0.1, 0.15) is 40.0 Å². The SMILES string of the molecule is CCCCCS(=O)(=O)c1ncn(C(=O)N(CC)CCOCC)n1. The van der Waals surface area contributed by atoms with E-state index in [1.54, 1.807) is 0 Å². The number of carbonyl (C=O) groups excluding carboxylic acids is 1. The summed E-state index contributed by atoms with van der Waals surface area (Å²) in [5, 5.41) is 3.55. The highest BCUT2D eigenvalue weighted by molar-refractivity contribution is 7.91. The van der Waals surface area contributed by atoms with Gasteiger partial charge in [-0.15, -0.1) is 5.10 Å². The molecule has 1 amide bonds. The van der Waals surface area contributed by atoms with Crippen LogP contribution in [0.4, 0.5) is 4.79 Å². The van der Waals surface area contributed by atoms with Gasteiger partial charge in [-0.05, 0) is 20.3 Å². The van der Waals surface area contributed by atoms with Gasteiger partial charge in [0.25, 0.3) is 5.16 Å². The lowest BCUT2D eigenvalue weighted by Gasteiger charge is -2.19. The van der Waals surface area contributed by atoms with Crippen molar-refractivity contribution in [3.63, 3.8) is 0 Å². The summed E-state index contributed by atoms with van der Waals surface area (Å²) in [5.41, 5.74) is 0. The van der Waals surface area contributed by atoms with Crippen LogP contribution in [0.15, 0.2) is 11.5 Å². The Labute approximate surface area is 137 Å². The summed E-state index contributed by atoms with van der Waals surface area (Å²) in [6.07, 6.45) is 3.48. The first-order valence-corrected chi connectivity index (χ1v) is 9.62. The third-order valence-electron chi connectivity index (χ3n) is 3.32. The minimum absolute atomic E-state index is 0.000869. The van der Waals surface area contributed by atoms with E-state index in [2.05, 4.69) is 10.1 Å². The molecule has 0 aliphatic carbocycles. The smallest absolute Gasteiger partial charge is 0.346 e. The molecule has 0 aliphatic rings. The van der Waals surface area contributed by atoms with Crippen LogP contribution in [0.2, 0.25) is 0 Å². The molecule has 0 bridgehead atoms. The minimum atomic E-state index is -3.54. The maximum Gasteiger partial charge on any atom is 0.346 e. The molecule has 0 fully saturated rings. The van der Waals surface area contributed by atoms with Gasteiger partial charge in [0.15, 0.2) is 0 Å². The Morgan fingerprint density at radius 1 is 1.30 bits per heavy atom. The summed E-state index contributed by atoms with van der Waals surface area (Å²) < 4.78 is 30.4. The van der Waals surface area contributed by atoms with Crippen LogP contribution in [0.5, 0.6) is 0 Å². The van der Waals surface area contributed by atoms with Crippen molar-refractivity contribution in [3.05, 3.63) is 6.33 Å². The summed E-state index contributed by atoms with van der Waals surface area (Å²) in [6.45, 7) is 7.61. The van der Waals surface area contributed by atoms with Crippen LogP contribution >= 0.6 is 0 Å². The Morgan fingerprint density at radius 3 is 2.65 bits per heavy atom. The summed E-state index contributed by atoms with van der Waals surface area (Å²) in [6, 6.07) is -0.408. The zero-order valence-corrected chi connectivity index (χ0v) is 14.9. The lowest BCUT2D eigenvalue weighted by molar-refractivity contribution is 0.120. The van der Waals surface area contributed by atoms with Gasteiger partial charge in [-0.1, -0.05) is 19.8 Å². The fourth-order valence-corrected chi connectivity index (χ4v) is 3.16.